The van der Waals surface area contributed by atoms with Crippen LogP contribution in [0.1, 0.15) is 23.4 Å². The molecule has 0 radical (unpaired) electrons. The van der Waals surface area contributed by atoms with Gasteiger partial charge in [-0.2, -0.15) is 0 Å². The first-order valence-corrected chi connectivity index (χ1v) is 10.7. The highest BCUT2D eigenvalue weighted by Crippen LogP contribution is 2.30. The summed E-state index contributed by atoms with van der Waals surface area (Å²) in [6, 6.07) is 7.42. The number of amides is 2. The van der Waals surface area contributed by atoms with Gasteiger partial charge in [0.25, 0.3) is 0 Å². The third-order valence-electron chi connectivity index (χ3n) is 4.34. The number of hydrogen-bond acceptors (Lipinski definition) is 7. The number of ether oxygens (including phenoxy) is 3. The van der Waals surface area contributed by atoms with Crippen LogP contribution in [0.4, 0.5) is 4.79 Å². The van der Waals surface area contributed by atoms with E-state index in [0.717, 1.165) is 10.4 Å². The molecule has 2 amide bonds. The Morgan fingerprint density at radius 2 is 2.03 bits per heavy atom. The van der Waals surface area contributed by atoms with E-state index in [-0.39, 0.29) is 31.1 Å². The molecule has 0 saturated heterocycles. The van der Waals surface area contributed by atoms with Crippen molar-refractivity contribution in [3.63, 3.8) is 0 Å². The van der Waals surface area contributed by atoms with Gasteiger partial charge in [-0.3, -0.25) is 0 Å². The topological polar surface area (TPSA) is 103 Å². The summed E-state index contributed by atoms with van der Waals surface area (Å²) >= 11 is 7.36. The molecule has 0 bridgehead atoms. The van der Waals surface area contributed by atoms with E-state index in [2.05, 4.69) is 10.6 Å². The van der Waals surface area contributed by atoms with E-state index in [1.807, 2.05) is 18.4 Å². The lowest BCUT2D eigenvalue weighted by atomic mass is 10.0. The highest BCUT2D eigenvalue weighted by molar-refractivity contribution is 7.10. The highest BCUT2D eigenvalue weighted by Gasteiger charge is 2.34. The van der Waals surface area contributed by atoms with Gasteiger partial charge in [0.2, 0.25) is 0 Å². The summed E-state index contributed by atoms with van der Waals surface area (Å²) in [4.78, 5) is 37.7. The van der Waals surface area contributed by atoms with E-state index in [9.17, 15) is 14.4 Å². The Morgan fingerprint density at radius 1 is 1.23 bits per heavy atom. The second-order valence-electron chi connectivity index (χ2n) is 6.52. The molecular formula is C21H21ClN2O6S. The van der Waals surface area contributed by atoms with Crippen LogP contribution >= 0.6 is 22.9 Å². The van der Waals surface area contributed by atoms with Crippen LogP contribution in [-0.4, -0.2) is 37.8 Å². The van der Waals surface area contributed by atoms with Crippen LogP contribution in [0.3, 0.4) is 0 Å². The first kappa shape index (κ1) is 22.6. The minimum atomic E-state index is -0.699. The lowest BCUT2D eigenvalue weighted by Crippen LogP contribution is -2.47. The zero-order valence-electron chi connectivity index (χ0n) is 16.9. The Hall–Kier alpha value is -3.04. The minimum absolute atomic E-state index is 0.162. The quantitative estimate of drug-likeness (QED) is 0.579. The zero-order valence-corrected chi connectivity index (χ0v) is 18.5. The first-order valence-electron chi connectivity index (χ1n) is 9.44. The molecule has 2 aromatic rings. The molecule has 1 unspecified atom stereocenters. The summed E-state index contributed by atoms with van der Waals surface area (Å²) in [6.45, 7) is 3.01. The molecule has 8 nitrogen and oxygen atoms in total. The van der Waals surface area contributed by atoms with Crippen molar-refractivity contribution in [3.05, 3.63) is 62.4 Å². The summed E-state index contributed by atoms with van der Waals surface area (Å²) in [5.41, 5.74) is 1.16. The third-order valence-corrected chi connectivity index (χ3v) is 5.70. The van der Waals surface area contributed by atoms with Crippen LogP contribution in [0.25, 0.3) is 0 Å². The molecule has 31 heavy (non-hydrogen) atoms. The zero-order chi connectivity index (χ0) is 22.4. The maximum Gasteiger partial charge on any atom is 0.344 e. The molecule has 0 fully saturated rings. The van der Waals surface area contributed by atoms with Gasteiger partial charge < -0.3 is 24.8 Å². The van der Waals surface area contributed by atoms with Crippen LogP contribution < -0.4 is 15.4 Å². The van der Waals surface area contributed by atoms with Crippen molar-refractivity contribution in [1.82, 2.24) is 10.6 Å². The molecule has 1 atom stereocenters. The van der Waals surface area contributed by atoms with Gasteiger partial charge in [0, 0.05) is 9.90 Å². The van der Waals surface area contributed by atoms with Crippen LogP contribution in [0.2, 0.25) is 5.02 Å². The summed E-state index contributed by atoms with van der Waals surface area (Å²) in [6.07, 6.45) is 0. The van der Waals surface area contributed by atoms with Gasteiger partial charge in [-0.1, -0.05) is 17.7 Å². The molecule has 0 saturated carbocycles. The van der Waals surface area contributed by atoms with E-state index in [1.54, 1.807) is 31.2 Å². The van der Waals surface area contributed by atoms with E-state index in [1.165, 1.54) is 11.3 Å². The van der Waals surface area contributed by atoms with E-state index in [4.69, 9.17) is 25.8 Å². The predicted octanol–water partition coefficient (Wildman–Crippen LogP) is 3.50. The largest absolute Gasteiger partial charge is 0.482 e. The second-order valence-corrected chi connectivity index (χ2v) is 7.91. The van der Waals surface area contributed by atoms with Crippen LogP contribution in [0.15, 0.2) is 47.0 Å². The fourth-order valence-corrected chi connectivity index (χ4v) is 3.80. The number of esters is 2. The Labute approximate surface area is 188 Å². The van der Waals surface area contributed by atoms with Crippen LogP contribution in [0, 0.1) is 6.92 Å². The van der Waals surface area contributed by atoms with Gasteiger partial charge in [0.05, 0.1) is 23.9 Å². The summed E-state index contributed by atoms with van der Waals surface area (Å²) in [7, 11) is 0. The Balaban J connectivity index is 1.71. The average Bonchev–Trinajstić information content (AvgIpc) is 3.27. The first-order chi connectivity index (χ1) is 14.9. The molecule has 0 aliphatic carbocycles. The number of carbonyl (C=O) groups is 3. The summed E-state index contributed by atoms with van der Waals surface area (Å²) in [5, 5.41) is 7.68. The van der Waals surface area contributed by atoms with Gasteiger partial charge in [-0.15, -0.1) is 11.3 Å². The molecule has 0 spiro atoms. The third kappa shape index (κ3) is 5.77. The number of carbonyl (C=O) groups excluding carboxylic acids is 3. The number of hydrogen-bond donors (Lipinski definition) is 2. The van der Waals surface area contributed by atoms with E-state index < -0.39 is 24.0 Å². The number of urea groups is 1. The van der Waals surface area contributed by atoms with Gasteiger partial charge in [-0.05, 0) is 49.1 Å². The predicted molar refractivity (Wildman–Crippen MR) is 115 cm³/mol. The van der Waals surface area contributed by atoms with Crippen molar-refractivity contribution >= 4 is 40.9 Å². The Kier molecular flexibility index (Phi) is 7.54. The Bertz CT molecular complexity index is 1010. The van der Waals surface area contributed by atoms with Crippen molar-refractivity contribution < 1.29 is 28.6 Å². The van der Waals surface area contributed by atoms with Gasteiger partial charge in [-0.25, -0.2) is 14.4 Å². The smallest absolute Gasteiger partial charge is 0.344 e. The van der Waals surface area contributed by atoms with Crippen LogP contribution in [0.5, 0.6) is 5.75 Å². The van der Waals surface area contributed by atoms with Gasteiger partial charge >= 0.3 is 18.0 Å². The van der Waals surface area contributed by atoms with Crippen molar-refractivity contribution in [2.45, 2.75) is 19.9 Å². The second kappa shape index (κ2) is 10.3. The number of aryl methyl sites for hydroxylation is 1. The van der Waals surface area contributed by atoms with Crippen molar-refractivity contribution in [2.75, 3.05) is 19.8 Å². The number of thiophene rings is 1. The van der Waals surface area contributed by atoms with Crippen molar-refractivity contribution in [3.8, 4) is 5.75 Å². The number of halogens is 1. The highest BCUT2D eigenvalue weighted by atomic mass is 35.5. The lowest BCUT2D eigenvalue weighted by Gasteiger charge is -2.28. The SMILES string of the molecule is CCOC(=O)C1=C(COC(=O)COc2ccc(Cl)c(C)c2)NC(=O)NC1c1cccs1. The maximum absolute atomic E-state index is 12.6. The molecule has 3 rings (SSSR count). The maximum atomic E-state index is 12.6. The summed E-state index contributed by atoms with van der Waals surface area (Å²) < 4.78 is 15.8. The average molecular weight is 465 g/mol. The van der Waals surface area contributed by atoms with Crippen molar-refractivity contribution in [1.29, 1.82) is 0 Å². The van der Waals surface area contributed by atoms with Crippen molar-refractivity contribution in [2.24, 2.45) is 0 Å². The van der Waals surface area contributed by atoms with Gasteiger partial charge in [0.1, 0.15) is 12.4 Å². The number of nitrogens with one attached hydrogen (secondary N) is 2. The fraction of sp³-hybridized carbons (Fsp3) is 0.286. The number of benzene rings is 1. The Morgan fingerprint density at radius 3 is 2.71 bits per heavy atom. The molecular weight excluding hydrogens is 444 g/mol. The lowest BCUT2D eigenvalue weighted by molar-refractivity contribution is -0.145. The standard InChI is InChI=1S/C21H21ClN2O6S/c1-3-28-20(26)18-15(23-21(27)24-19(18)16-5-4-8-31-16)10-30-17(25)11-29-13-6-7-14(22)12(2)9-13/h4-9,19H,3,10-11H2,1-2H3,(H2,23,24,27). The summed E-state index contributed by atoms with van der Waals surface area (Å²) in [5.74, 6) is -0.797. The molecule has 164 valence electrons. The molecule has 1 aliphatic heterocycles. The van der Waals surface area contributed by atoms with E-state index in [0.29, 0.717) is 10.8 Å². The molecule has 1 aromatic carbocycles. The van der Waals surface area contributed by atoms with E-state index >= 15 is 0 Å². The molecule has 2 N–H and O–H groups in total. The molecule has 1 aromatic heterocycles. The fourth-order valence-electron chi connectivity index (χ4n) is 2.89. The monoisotopic (exact) mass is 464 g/mol. The van der Waals surface area contributed by atoms with Crippen LogP contribution in [-0.2, 0) is 19.1 Å². The van der Waals surface area contributed by atoms with Gasteiger partial charge in [0.15, 0.2) is 6.61 Å². The minimum Gasteiger partial charge on any atom is -0.482 e. The molecule has 10 heteroatoms. The molecule has 2 heterocycles. The number of rotatable bonds is 8. The normalized spacial score (nSPS) is 15.7. The molecule has 1 aliphatic rings.